The Balaban J connectivity index is 2.22. The van der Waals surface area contributed by atoms with Crippen molar-refractivity contribution in [3.05, 3.63) is 11.1 Å². The molecule has 0 saturated heterocycles. The largest absolute Gasteiger partial charge is 0.296 e. The van der Waals surface area contributed by atoms with Gasteiger partial charge in [-0.15, -0.1) is 0 Å². The van der Waals surface area contributed by atoms with Gasteiger partial charge < -0.3 is 0 Å². The third-order valence-corrected chi connectivity index (χ3v) is 2.21. The average Bonchev–Trinajstić information content (AvgIpc) is 2.33. The zero-order valence-electron chi connectivity index (χ0n) is 6.30. The number of hydrogen-bond acceptors (Lipinski definition) is 2. The fourth-order valence-electron chi connectivity index (χ4n) is 1.65. The van der Waals surface area contributed by atoms with Gasteiger partial charge in [0.15, 0.2) is 0 Å². The van der Waals surface area contributed by atoms with Crippen LogP contribution >= 0.6 is 0 Å². The molecule has 2 heteroatoms. The van der Waals surface area contributed by atoms with E-state index in [2.05, 4.69) is 5.10 Å². The predicted molar refractivity (Wildman–Crippen MR) is 42.0 cm³/mol. The molecule has 0 unspecified atom stereocenters. The maximum absolute atomic E-state index is 4.22. The van der Waals surface area contributed by atoms with E-state index >= 15 is 0 Å². The zero-order valence-corrected chi connectivity index (χ0v) is 6.30. The number of allylic oxidation sites excluding steroid dienone is 1. The topological polar surface area (TPSA) is 15.6 Å². The number of likely N-dealkylation sites (N-methyl/N-ethyl adjacent to an activating group) is 1. The van der Waals surface area contributed by atoms with Crippen molar-refractivity contribution in [3.8, 4) is 0 Å². The van der Waals surface area contributed by atoms with Gasteiger partial charge in [0.05, 0.1) is 12.8 Å². The molecule has 1 heterocycles. The second-order valence-corrected chi connectivity index (χ2v) is 3.04. The fraction of sp³-hybridized carbons (Fsp3) is 0.625. The SMILES string of the molecule is CN1CC2=C(C=N1)CCC2. The Labute approximate surface area is 61.2 Å². The third kappa shape index (κ3) is 0.838. The smallest absolute Gasteiger partial charge is 0.0573 e. The minimum atomic E-state index is 1.06. The number of hydrogen-bond donors (Lipinski definition) is 0. The van der Waals surface area contributed by atoms with E-state index in [9.17, 15) is 0 Å². The maximum atomic E-state index is 4.22. The molecular formula is C8H12N2. The van der Waals surface area contributed by atoms with Crippen LogP contribution in [-0.4, -0.2) is 24.8 Å². The summed E-state index contributed by atoms with van der Waals surface area (Å²) in [5.41, 5.74) is 3.11. The summed E-state index contributed by atoms with van der Waals surface area (Å²) in [6.07, 6.45) is 5.91. The van der Waals surface area contributed by atoms with E-state index in [1.54, 1.807) is 5.57 Å². The highest BCUT2D eigenvalue weighted by Gasteiger charge is 2.16. The standard InChI is InChI=1S/C8H12N2/c1-10-6-8-4-2-3-7(8)5-9-10/h5H,2-4,6H2,1H3. The van der Waals surface area contributed by atoms with E-state index in [4.69, 9.17) is 0 Å². The lowest BCUT2D eigenvalue weighted by Crippen LogP contribution is -2.18. The Morgan fingerprint density at radius 1 is 1.50 bits per heavy atom. The molecule has 2 aliphatic rings. The van der Waals surface area contributed by atoms with Gasteiger partial charge >= 0.3 is 0 Å². The van der Waals surface area contributed by atoms with E-state index in [0.29, 0.717) is 0 Å². The van der Waals surface area contributed by atoms with Crippen LogP contribution in [0.4, 0.5) is 0 Å². The first kappa shape index (κ1) is 5.96. The van der Waals surface area contributed by atoms with Crippen LogP contribution in [0, 0.1) is 0 Å². The molecule has 0 amide bonds. The fourth-order valence-corrected chi connectivity index (χ4v) is 1.65. The average molecular weight is 136 g/mol. The molecule has 1 aliphatic heterocycles. The molecule has 0 fully saturated rings. The van der Waals surface area contributed by atoms with Gasteiger partial charge in [-0.25, -0.2) is 0 Å². The Morgan fingerprint density at radius 2 is 2.40 bits per heavy atom. The number of nitrogens with zero attached hydrogens (tertiary/aromatic N) is 2. The normalized spacial score (nSPS) is 23.9. The highest BCUT2D eigenvalue weighted by atomic mass is 15.4. The summed E-state index contributed by atoms with van der Waals surface area (Å²) in [4.78, 5) is 0. The lowest BCUT2D eigenvalue weighted by atomic mass is 10.1. The van der Waals surface area contributed by atoms with Crippen molar-refractivity contribution in [2.45, 2.75) is 19.3 Å². The summed E-state index contributed by atoms with van der Waals surface area (Å²) in [6, 6.07) is 0. The second kappa shape index (κ2) is 2.11. The van der Waals surface area contributed by atoms with Gasteiger partial charge in [-0.2, -0.15) is 5.10 Å². The van der Waals surface area contributed by atoms with Gasteiger partial charge in [0, 0.05) is 7.05 Å². The molecular weight excluding hydrogens is 124 g/mol. The molecule has 0 spiro atoms. The first-order valence-electron chi connectivity index (χ1n) is 3.82. The summed E-state index contributed by atoms with van der Waals surface area (Å²) in [5.74, 6) is 0. The van der Waals surface area contributed by atoms with Crippen molar-refractivity contribution in [3.63, 3.8) is 0 Å². The van der Waals surface area contributed by atoms with Crippen LogP contribution in [0.2, 0.25) is 0 Å². The van der Waals surface area contributed by atoms with Crippen molar-refractivity contribution in [2.75, 3.05) is 13.6 Å². The van der Waals surface area contributed by atoms with Crippen LogP contribution in [0.15, 0.2) is 16.2 Å². The van der Waals surface area contributed by atoms with Crippen molar-refractivity contribution in [1.29, 1.82) is 0 Å². The second-order valence-electron chi connectivity index (χ2n) is 3.04. The van der Waals surface area contributed by atoms with E-state index < -0.39 is 0 Å². The molecule has 1 aliphatic carbocycles. The van der Waals surface area contributed by atoms with E-state index in [0.717, 1.165) is 6.54 Å². The first-order valence-corrected chi connectivity index (χ1v) is 3.82. The highest BCUT2D eigenvalue weighted by Crippen LogP contribution is 2.27. The Hall–Kier alpha value is -0.790. The molecule has 0 saturated carbocycles. The molecule has 2 rings (SSSR count). The highest BCUT2D eigenvalue weighted by molar-refractivity contribution is 5.81. The van der Waals surface area contributed by atoms with Crippen LogP contribution in [0.5, 0.6) is 0 Å². The summed E-state index contributed by atoms with van der Waals surface area (Å²) < 4.78 is 0. The van der Waals surface area contributed by atoms with Crippen molar-refractivity contribution in [1.82, 2.24) is 5.01 Å². The Bertz CT molecular complexity index is 203. The van der Waals surface area contributed by atoms with Crippen molar-refractivity contribution >= 4 is 6.21 Å². The molecule has 0 aromatic heterocycles. The zero-order chi connectivity index (χ0) is 6.97. The molecule has 0 atom stereocenters. The van der Waals surface area contributed by atoms with Gasteiger partial charge in [0.25, 0.3) is 0 Å². The number of hydrazone groups is 1. The molecule has 2 nitrogen and oxygen atoms in total. The molecule has 0 aromatic rings. The summed E-state index contributed by atoms with van der Waals surface area (Å²) in [7, 11) is 2.03. The monoisotopic (exact) mass is 136 g/mol. The Morgan fingerprint density at radius 3 is 3.30 bits per heavy atom. The lowest BCUT2D eigenvalue weighted by Gasteiger charge is -2.18. The summed E-state index contributed by atoms with van der Waals surface area (Å²) in [5, 5.41) is 6.23. The lowest BCUT2D eigenvalue weighted by molar-refractivity contribution is 0.380. The van der Waals surface area contributed by atoms with Gasteiger partial charge in [-0.1, -0.05) is 0 Å². The van der Waals surface area contributed by atoms with Crippen LogP contribution < -0.4 is 0 Å². The summed E-state index contributed by atoms with van der Waals surface area (Å²) in [6.45, 7) is 1.06. The minimum absolute atomic E-state index is 1.06. The van der Waals surface area contributed by atoms with Crippen LogP contribution in [0.25, 0.3) is 0 Å². The molecule has 10 heavy (non-hydrogen) atoms. The molecule has 0 N–H and O–H groups in total. The Kier molecular flexibility index (Phi) is 1.26. The van der Waals surface area contributed by atoms with Gasteiger partial charge in [-0.05, 0) is 30.4 Å². The van der Waals surface area contributed by atoms with E-state index in [1.807, 2.05) is 18.3 Å². The van der Waals surface area contributed by atoms with Crippen molar-refractivity contribution in [2.24, 2.45) is 5.10 Å². The van der Waals surface area contributed by atoms with Crippen LogP contribution in [-0.2, 0) is 0 Å². The van der Waals surface area contributed by atoms with Crippen LogP contribution in [0.1, 0.15) is 19.3 Å². The van der Waals surface area contributed by atoms with Crippen LogP contribution in [0.3, 0.4) is 0 Å². The third-order valence-electron chi connectivity index (χ3n) is 2.21. The van der Waals surface area contributed by atoms with E-state index in [1.165, 1.54) is 24.8 Å². The van der Waals surface area contributed by atoms with Gasteiger partial charge in [0.1, 0.15) is 0 Å². The number of rotatable bonds is 0. The molecule has 0 bridgehead atoms. The predicted octanol–water partition coefficient (Wildman–Crippen LogP) is 1.40. The molecule has 0 radical (unpaired) electrons. The molecule has 0 aromatic carbocycles. The van der Waals surface area contributed by atoms with Gasteiger partial charge in [0.2, 0.25) is 0 Å². The maximum Gasteiger partial charge on any atom is 0.0573 e. The van der Waals surface area contributed by atoms with Crippen molar-refractivity contribution < 1.29 is 0 Å². The van der Waals surface area contributed by atoms with E-state index in [-0.39, 0.29) is 0 Å². The summed E-state index contributed by atoms with van der Waals surface area (Å²) >= 11 is 0. The quantitative estimate of drug-likeness (QED) is 0.491. The minimum Gasteiger partial charge on any atom is -0.296 e. The first-order chi connectivity index (χ1) is 4.86. The van der Waals surface area contributed by atoms with Gasteiger partial charge in [-0.3, -0.25) is 5.01 Å². The molecule has 54 valence electrons.